The fourth-order valence-corrected chi connectivity index (χ4v) is 3.51. The summed E-state index contributed by atoms with van der Waals surface area (Å²) in [5.74, 6) is 0.936. The minimum absolute atomic E-state index is 0. The first-order chi connectivity index (χ1) is 10.2. The maximum absolute atomic E-state index is 10.2. The smallest absolute Gasteiger partial charge is 0.193 e. The van der Waals surface area contributed by atoms with Crippen LogP contribution < -0.4 is 5.32 Å². The summed E-state index contributed by atoms with van der Waals surface area (Å²) >= 11 is 0. The van der Waals surface area contributed by atoms with E-state index in [9.17, 15) is 5.11 Å². The van der Waals surface area contributed by atoms with Crippen LogP contribution in [-0.4, -0.2) is 85.5 Å². The van der Waals surface area contributed by atoms with Gasteiger partial charge in [-0.1, -0.05) is 0 Å². The van der Waals surface area contributed by atoms with E-state index >= 15 is 0 Å². The molecule has 7 heteroatoms. The standard InChI is InChI=1S/C15H28N4O2.HI/c1-16-14(17-12-15(20)4-2-5-15)19-6-3-13(11-19)18-7-9-21-10-8-18;/h13,20H,2-12H2,1H3,(H,16,17);1H. The van der Waals surface area contributed by atoms with E-state index in [1.807, 2.05) is 7.05 Å². The Morgan fingerprint density at radius 1 is 1.32 bits per heavy atom. The molecule has 0 aromatic heterocycles. The highest BCUT2D eigenvalue weighted by Gasteiger charge is 2.35. The molecular weight excluding hydrogens is 395 g/mol. The number of likely N-dealkylation sites (tertiary alicyclic amines) is 1. The highest BCUT2D eigenvalue weighted by Crippen LogP contribution is 2.30. The molecule has 2 aliphatic heterocycles. The predicted molar refractivity (Wildman–Crippen MR) is 97.9 cm³/mol. The Morgan fingerprint density at radius 3 is 2.64 bits per heavy atom. The first-order valence-electron chi connectivity index (χ1n) is 8.20. The van der Waals surface area contributed by atoms with Crippen molar-refractivity contribution in [3.8, 4) is 0 Å². The molecule has 6 nitrogen and oxygen atoms in total. The van der Waals surface area contributed by atoms with E-state index in [-0.39, 0.29) is 24.0 Å². The number of hydrogen-bond donors (Lipinski definition) is 2. The number of halogens is 1. The number of hydrogen-bond acceptors (Lipinski definition) is 4. The second-order valence-corrected chi connectivity index (χ2v) is 6.52. The molecule has 3 fully saturated rings. The number of nitrogens with zero attached hydrogens (tertiary/aromatic N) is 3. The highest BCUT2D eigenvalue weighted by molar-refractivity contribution is 14.0. The van der Waals surface area contributed by atoms with Gasteiger partial charge in [0.2, 0.25) is 0 Å². The summed E-state index contributed by atoms with van der Waals surface area (Å²) in [6.07, 6.45) is 4.14. The molecule has 0 spiro atoms. The molecule has 22 heavy (non-hydrogen) atoms. The molecule has 1 saturated carbocycles. The van der Waals surface area contributed by atoms with Crippen molar-refractivity contribution >= 4 is 29.9 Å². The molecule has 2 saturated heterocycles. The number of morpholine rings is 1. The number of aliphatic hydroxyl groups is 1. The molecule has 1 aliphatic carbocycles. The van der Waals surface area contributed by atoms with Crippen LogP contribution in [0.1, 0.15) is 25.7 Å². The summed E-state index contributed by atoms with van der Waals surface area (Å²) in [5.41, 5.74) is -0.501. The van der Waals surface area contributed by atoms with Crippen molar-refractivity contribution in [2.45, 2.75) is 37.3 Å². The van der Waals surface area contributed by atoms with Crippen LogP contribution in [0.15, 0.2) is 4.99 Å². The lowest BCUT2D eigenvalue weighted by Crippen LogP contribution is -2.52. The fraction of sp³-hybridized carbons (Fsp3) is 0.933. The molecule has 0 aromatic carbocycles. The molecule has 3 rings (SSSR count). The van der Waals surface area contributed by atoms with Crippen LogP contribution in [-0.2, 0) is 4.74 Å². The van der Waals surface area contributed by atoms with Crippen molar-refractivity contribution < 1.29 is 9.84 Å². The van der Waals surface area contributed by atoms with E-state index in [4.69, 9.17) is 4.74 Å². The summed E-state index contributed by atoms with van der Waals surface area (Å²) < 4.78 is 5.43. The van der Waals surface area contributed by atoms with Crippen molar-refractivity contribution in [2.75, 3.05) is 53.0 Å². The highest BCUT2D eigenvalue weighted by atomic mass is 127. The lowest BCUT2D eigenvalue weighted by atomic mass is 9.80. The number of nitrogens with one attached hydrogen (secondary N) is 1. The largest absolute Gasteiger partial charge is 0.388 e. The van der Waals surface area contributed by atoms with E-state index in [0.717, 1.165) is 64.6 Å². The number of ether oxygens (including phenoxy) is 1. The molecule has 2 heterocycles. The van der Waals surface area contributed by atoms with E-state index in [1.54, 1.807) is 0 Å². The van der Waals surface area contributed by atoms with Gasteiger partial charge in [-0.25, -0.2) is 0 Å². The summed E-state index contributed by atoms with van der Waals surface area (Å²) in [4.78, 5) is 9.25. The van der Waals surface area contributed by atoms with Crippen molar-refractivity contribution in [2.24, 2.45) is 4.99 Å². The molecule has 128 valence electrons. The molecule has 3 aliphatic rings. The zero-order valence-electron chi connectivity index (χ0n) is 13.5. The Labute approximate surface area is 150 Å². The minimum Gasteiger partial charge on any atom is -0.388 e. The zero-order valence-corrected chi connectivity index (χ0v) is 15.8. The van der Waals surface area contributed by atoms with Gasteiger partial charge < -0.3 is 20.1 Å². The molecule has 1 atom stereocenters. The summed E-state index contributed by atoms with van der Waals surface area (Å²) in [6, 6.07) is 0.610. The van der Waals surface area contributed by atoms with Gasteiger partial charge in [-0.15, -0.1) is 24.0 Å². The third-order valence-electron chi connectivity index (χ3n) is 5.10. The van der Waals surface area contributed by atoms with Gasteiger partial charge >= 0.3 is 0 Å². The average Bonchev–Trinajstić information content (AvgIpc) is 2.97. The van der Waals surface area contributed by atoms with Crippen LogP contribution in [0.3, 0.4) is 0 Å². The quantitative estimate of drug-likeness (QED) is 0.393. The van der Waals surface area contributed by atoms with Gasteiger partial charge in [0.25, 0.3) is 0 Å². The van der Waals surface area contributed by atoms with E-state index in [1.165, 1.54) is 6.42 Å². The van der Waals surface area contributed by atoms with Crippen LogP contribution >= 0.6 is 24.0 Å². The Morgan fingerprint density at radius 2 is 2.05 bits per heavy atom. The molecular formula is C15H29IN4O2. The van der Waals surface area contributed by atoms with Crippen molar-refractivity contribution in [3.05, 3.63) is 0 Å². The van der Waals surface area contributed by atoms with Gasteiger partial charge in [0.15, 0.2) is 5.96 Å². The van der Waals surface area contributed by atoms with Crippen LogP contribution in [0.5, 0.6) is 0 Å². The lowest BCUT2D eigenvalue weighted by molar-refractivity contribution is -0.0282. The van der Waals surface area contributed by atoms with E-state index in [2.05, 4.69) is 20.1 Å². The topological polar surface area (TPSA) is 60.3 Å². The zero-order chi connectivity index (χ0) is 14.7. The first kappa shape index (κ1) is 18.2. The Balaban J connectivity index is 0.00000176. The van der Waals surface area contributed by atoms with Crippen LogP contribution in [0, 0.1) is 0 Å². The van der Waals surface area contributed by atoms with Crippen molar-refractivity contribution in [3.63, 3.8) is 0 Å². The normalized spacial score (nSPS) is 28.9. The van der Waals surface area contributed by atoms with Gasteiger partial charge in [0, 0.05) is 45.8 Å². The third-order valence-corrected chi connectivity index (χ3v) is 5.10. The Kier molecular flexibility index (Phi) is 6.73. The van der Waals surface area contributed by atoms with Gasteiger partial charge in [0.05, 0.1) is 18.8 Å². The Hall–Kier alpha value is -0.120. The van der Waals surface area contributed by atoms with E-state index < -0.39 is 5.60 Å². The lowest BCUT2D eigenvalue weighted by Gasteiger charge is -2.37. The predicted octanol–water partition coefficient (Wildman–Crippen LogP) is 0.501. The van der Waals surface area contributed by atoms with Gasteiger partial charge in [-0.05, 0) is 25.7 Å². The van der Waals surface area contributed by atoms with Crippen LogP contribution in [0.25, 0.3) is 0 Å². The molecule has 0 amide bonds. The number of guanidine groups is 1. The van der Waals surface area contributed by atoms with Crippen molar-refractivity contribution in [1.29, 1.82) is 0 Å². The van der Waals surface area contributed by atoms with Gasteiger partial charge in [0.1, 0.15) is 0 Å². The molecule has 2 N–H and O–H groups in total. The van der Waals surface area contributed by atoms with Crippen molar-refractivity contribution in [1.82, 2.24) is 15.1 Å². The molecule has 0 radical (unpaired) electrons. The molecule has 0 aromatic rings. The average molecular weight is 424 g/mol. The van der Waals surface area contributed by atoms with Crippen LogP contribution in [0.4, 0.5) is 0 Å². The summed E-state index contributed by atoms with van der Waals surface area (Å²) in [6.45, 7) is 6.50. The van der Waals surface area contributed by atoms with Gasteiger partial charge in [-0.2, -0.15) is 0 Å². The maximum Gasteiger partial charge on any atom is 0.193 e. The van der Waals surface area contributed by atoms with Gasteiger partial charge in [-0.3, -0.25) is 9.89 Å². The second kappa shape index (κ2) is 8.12. The summed E-state index contributed by atoms with van der Waals surface area (Å²) in [7, 11) is 1.83. The fourth-order valence-electron chi connectivity index (χ4n) is 3.51. The monoisotopic (exact) mass is 424 g/mol. The SMILES string of the molecule is CN=C(NCC1(O)CCC1)N1CCC(N2CCOCC2)C1.I. The Bertz CT molecular complexity index is 384. The van der Waals surface area contributed by atoms with Crippen LogP contribution in [0.2, 0.25) is 0 Å². The maximum atomic E-state index is 10.2. The van der Waals surface area contributed by atoms with E-state index in [0.29, 0.717) is 12.6 Å². The number of aliphatic imine (C=N–C) groups is 1. The first-order valence-corrected chi connectivity index (χ1v) is 8.20. The number of rotatable bonds is 3. The minimum atomic E-state index is -0.501. The molecule has 0 bridgehead atoms. The summed E-state index contributed by atoms with van der Waals surface area (Å²) in [5, 5.41) is 13.6. The molecule has 1 unspecified atom stereocenters. The third kappa shape index (κ3) is 4.24. The second-order valence-electron chi connectivity index (χ2n) is 6.52.